The van der Waals surface area contributed by atoms with Crippen LogP contribution in [0.3, 0.4) is 0 Å². The maximum Gasteiger partial charge on any atom is 0.325 e. The molecule has 0 aliphatic carbocycles. The summed E-state index contributed by atoms with van der Waals surface area (Å²) in [6, 6.07) is 9.30. The Morgan fingerprint density at radius 3 is 2.63 bits per heavy atom. The molecule has 3 rings (SSSR count). The molecule has 8 nitrogen and oxygen atoms in total. The average Bonchev–Trinajstić information content (AvgIpc) is 2.88. The highest BCUT2D eigenvalue weighted by atomic mass is 35.5. The second-order valence-corrected chi connectivity index (χ2v) is 6.42. The van der Waals surface area contributed by atoms with E-state index < -0.39 is 29.9 Å². The van der Waals surface area contributed by atoms with Gasteiger partial charge in [0, 0.05) is 6.20 Å². The third kappa shape index (κ3) is 3.56. The quantitative estimate of drug-likeness (QED) is 0.603. The summed E-state index contributed by atoms with van der Waals surface area (Å²) < 4.78 is 5.10. The lowest BCUT2D eigenvalue weighted by molar-refractivity contribution is -0.133. The Bertz CT molecular complexity index is 902. The van der Waals surface area contributed by atoms with Crippen LogP contribution in [-0.4, -0.2) is 41.4 Å². The van der Waals surface area contributed by atoms with Gasteiger partial charge in [0.1, 0.15) is 17.8 Å². The van der Waals surface area contributed by atoms with Gasteiger partial charge in [0.25, 0.3) is 5.91 Å². The molecule has 0 radical (unpaired) electrons. The number of nitrogens with zero attached hydrogens (tertiary/aromatic N) is 2. The fraction of sp³-hybridized carbons (Fsp3) is 0.222. The second-order valence-electron chi connectivity index (χ2n) is 6.06. The molecule has 1 aromatic carbocycles. The predicted octanol–water partition coefficient (Wildman–Crippen LogP) is 2.15. The van der Waals surface area contributed by atoms with Crippen LogP contribution in [0.1, 0.15) is 12.5 Å². The maximum absolute atomic E-state index is 12.8. The number of carbonyl (C=O) groups is 3. The molecule has 1 fully saturated rings. The molecule has 0 saturated carbocycles. The summed E-state index contributed by atoms with van der Waals surface area (Å²) in [6.45, 7) is 1.15. The first-order valence-corrected chi connectivity index (χ1v) is 8.42. The Morgan fingerprint density at radius 2 is 2.00 bits per heavy atom. The van der Waals surface area contributed by atoms with Crippen LogP contribution >= 0.6 is 11.6 Å². The number of anilines is 1. The van der Waals surface area contributed by atoms with Crippen molar-refractivity contribution in [3.8, 4) is 5.75 Å². The van der Waals surface area contributed by atoms with Gasteiger partial charge in [-0.05, 0) is 36.8 Å². The van der Waals surface area contributed by atoms with Gasteiger partial charge in [-0.3, -0.25) is 14.5 Å². The molecule has 27 heavy (non-hydrogen) atoms. The molecule has 0 bridgehead atoms. The van der Waals surface area contributed by atoms with Crippen molar-refractivity contribution in [2.24, 2.45) is 0 Å². The van der Waals surface area contributed by atoms with E-state index in [-0.39, 0.29) is 5.15 Å². The van der Waals surface area contributed by atoms with Crippen molar-refractivity contribution in [1.82, 2.24) is 15.2 Å². The van der Waals surface area contributed by atoms with Crippen LogP contribution in [0.5, 0.6) is 5.75 Å². The number of methoxy groups -OCH3 is 1. The molecule has 0 unspecified atom stereocenters. The largest absolute Gasteiger partial charge is 0.497 e. The number of benzene rings is 1. The minimum Gasteiger partial charge on any atom is -0.497 e. The minimum absolute atomic E-state index is 0.117. The highest BCUT2D eigenvalue weighted by Crippen LogP contribution is 2.30. The maximum atomic E-state index is 12.8. The number of rotatable bonds is 5. The van der Waals surface area contributed by atoms with E-state index in [2.05, 4.69) is 15.6 Å². The van der Waals surface area contributed by atoms with Crippen molar-refractivity contribution in [3.05, 3.63) is 53.3 Å². The van der Waals surface area contributed by atoms with Crippen LogP contribution in [0.2, 0.25) is 5.15 Å². The van der Waals surface area contributed by atoms with Gasteiger partial charge < -0.3 is 15.4 Å². The van der Waals surface area contributed by atoms with Gasteiger partial charge in [0.05, 0.1) is 12.8 Å². The predicted molar refractivity (Wildman–Crippen MR) is 98.5 cm³/mol. The number of ether oxygens (including phenoxy) is 1. The van der Waals surface area contributed by atoms with Crippen molar-refractivity contribution >= 4 is 35.1 Å². The lowest BCUT2D eigenvalue weighted by Crippen LogP contribution is -2.42. The Balaban J connectivity index is 1.75. The summed E-state index contributed by atoms with van der Waals surface area (Å²) in [6.07, 6.45) is 1.48. The molecule has 140 valence electrons. The zero-order valence-electron chi connectivity index (χ0n) is 14.7. The lowest BCUT2D eigenvalue weighted by atomic mass is 9.92. The fourth-order valence-corrected chi connectivity index (χ4v) is 2.94. The molecular weight excluding hydrogens is 372 g/mol. The fourth-order valence-electron chi connectivity index (χ4n) is 2.77. The molecule has 1 aromatic heterocycles. The molecule has 1 atom stereocenters. The third-order valence-corrected chi connectivity index (χ3v) is 4.58. The number of imide groups is 1. The van der Waals surface area contributed by atoms with Crippen molar-refractivity contribution in [2.45, 2.75) is 12.5 Å². The summed E-state index contributed by atoms with van der Waals surface area (Å²) in [5, 5.41) is 5.30. The van der Waals surface area contributed by atoms with Gasteiger partial charge in [-0.15, -0.1) is 0 Å². The molecule has 1 aliphatic heterocycles. The van der Waals surface area contributed by atoms with Crippen molar-refractivity contribution in [1.29, 1.82) is 0 Å². The highest BCUT2D eigenvalue weighted by molar-refractivity contribution is 6.32. The van der Waals surface area contributed by atoms with E-state index in [4.69, 9.17) is 16.3 Å². The highest BCUT2D eigenvalue weighted by Gasteiger charge is 2.49. The van der Waals surface area contributed by atoms with E-state index in [1.165, 1.54) is 13.3 Å². The van der Waals surface area contributed by atoms with Gasteiger partial charge >= 0.3 is 6.03 Å². The molecule has 0 spiro atoms. The van der Waals surface area contributed by atoms with E-state index >= 15 is 0 Å². The smallest absolute Gasteiger partial charge is 0.325 e. The SMILES string of the molecule is COc1ccc([C@@]2(C)NC(=O)N(CC(=O)Nc3cccnc3Cl)C2=O)cc1. The zero-order valence-corrected chi connectivity index (χ0v) is 15.4. The van der Waals surface area contributed by atoms with Gasteiger partial charge in [0.15, 0.2) is 5.15 Å². The van der Waals surface area contributed by atoms with Crippen molar-refractivity contribution in [2.75, 3.05) is 19.0 Å². The number of hydrogen-bond acceptors (Lipinski definition) is 5. The molecule has 1 saturated heterocycles. The Kier molecular flexibility index (Phi) is 5.00. The van der Waals surface area contributed by atoms with Gasteiger partial charge in [0.2, 0.25) is 5.91 Å². The van der Waals surface area contributed by atoms with Crippen LogP contribution in [0, 0.1) is 0 Å². The van der Waals surface area contributed by atoms with E-state index in [1.54, 1.807) is 43.3 Å². The van der Waals surface area contributed by atoms with Crippen LogP contribution in [-0.2, 0) is 15.1 Å². The van der Waals surface area contributed by atoms with E-state index in [1.807, 2.05) is 0 Å². The van der Waals surface area contributed by atoms with Gasteiger partial charge in [-0.2, -0.15) is 0 Å². The summed E-state index contributed by atoms with van der Waals surface area (Å²) in [4.78, 5) is 42.1. The van der Waals surface area contributed by atoms with Crippen LogP contribution < -0.4 is 15.4 Å². The number of halogens is 1. The number of pyridine rings is 1. The minimum atomic E-state index is -1.27. The lowest BCUT2D eigenvalue weighted by Gasteiger charge is -2.22. The molecule has 2 aromatic rings. The van der Waals surface area contributed by atoms with Crippen LogP contribution in [0.15, 0.2) is 42.6 Å². The van der Waals surface area contributed by atoms with Gasteiger partial charge in [-0.25, -0.2) is 9.78 Å². The topological polar surface area (TPSA) is 101 Å². The molecule has 2 heterocycles. The summed E-state index contributed by atoms with van der Waals surface area (Å²) in [5.41, 5.74) is -0.385. The number of urea groups is 1. The van der Waals surface area contributed by atoms with Gasteiger partial charge in [-0.1, -0.05) is 23.7 Å². The Hall–Kier alpha value is -3.13. The van der Waals surface area contributed by atoms with E-state index in [0.717, 1.165) is 4.90 Å². The second kappa shape index (κ2) is 7.24. The first-order valence-electron chi connectivity index (χ1n) is 8.04. The number of carbonyl (C=O) groups excluding carboxylic acids is 3. The monoisotopic (exact) mass is 388 g/mol. The van der Waals surface area contributed by atoms with Crippen LogP contribution in [0.4, 0.5) is 10.5 Å². The number of hydrogen-bond donors (Lipinski definition) is 2. The molecular formula is C18H17ClN4O4. The van der Waals surface area contributed by atoms with Crippen LogP contribution in [0.25, 0.3) is 0 Å². The van der Waals surface area contributed by atoms with Crippen molar-refractivity contribution < 1.29 is 19.1 Å². The Labute approximate surface area is 160 Å². The summed E-state index contributed by atoms with van der Waals surface area (Å²) in [7, 11) is 1.54. The first kappa shape index (κ1) is 18.7. The van der Waals surface area contributed by atoms with E-state index in [0.29, 0.717) is 17.0 Å². The number of aromatic nitrogens is 1. The zero-order chi connectivity index (χ0) is 19.6. The summed E-state index contributed by atoms with van der Waals surface area (Å²) in [5.74, 6) is -0.457. The number of nitrogens with one attached hydrogen (secondary N) is 2. The van der Waals surface area contributed by atoms with E-state index in [9.17, 15) is 14.4 Å². The summed E-state index contributed by atoms with van der Waals surface area (Å²) >= 11 is 5.90. The standard InChI is InChI=1S/C18H17ClN4O4/c1-18(11-5-7-12(27-2)8-6-11)16(25)23(17(26)22-18)10-14(24)21-13-4-3-9-20-15(13)19/h3-9H,10H2,1-2H3,(H,21,24)(H,22,26)/t18-/m1/s1. The third-order valence-electron chi connectivity index (χ3n) is 4.28. The number of amides is 4. The first-order chi connectivity index (χ1) is 12.8. The molecule has 2 N–H and O–H groups in total. The molecule has 1 aliphatic rings. The molecule has 9 heteroatoms. The normalized spacial score (nSPS) is 19.0. The molecule has 4 amide bonds. The average molecular weight is 389 g/mol. The Morgan fingerprint density at radius 1 is 1.30 bits per heavy atom. The van der Waals surface area contributed by atoms with Crippen molar-refractivity contribution in [3.63, 3.8) is 0 Å².